The lowest BCUT2D eigenvalue weighted by atomic mass is 10.00. The smallest absolute Gasteiger partial charge is 0.221 e. The van der Waals surface area contributed by atoms with Gasteiger partial charge in [0.25, 0.3) is 0 Å². The summed E-state index contributed by atoms with van der Waals surface area (Å²) in [5, 5.41) is 3.38. The van der Waals surface area contributed by atoms with E-state index < -0.39 is 0 Å². The van der Waals surface area contributed by atoms with E-state index in [1.165, 1.54) is 11.3 Å². The number of fused-ring (bicyclic) bond motifs is 1. The molecule has 0 saturated heterocycles. The van der Waals surface area contributed by atoms with Gasteiger partial charge in [0, 0.05) is 17.7 Å². The summed E-state index contributed by atoms with van der Waals surface area (Å²) in [6.45, 7) is 2.48. The van der Waals surface area contributed by atoms with Crippen molar-refractivity contribution in [2.75, 3.05) is 5.73 Å². The quantitative estimate of drug-likeness (QED) is 0.880. The average Bonchev–Trinajstić information content (AvgIpc) is 2.97. The van der Waals surface area contributed by atoms with Crippen LogP contribution >= 0.6 is 11.3 Å². The van der Waals surface area contributed by atoms with E-state index in [0.717, 1.165) is 28.5 Å². The van der Waals surface area contributed by atoms with Crippen molar-refractivity contribution in [3.8, 4) is 0 Å². The first kappa shape index (κ1) is 12.2. The highest BCUT2D eigenvalue weighted by Crippen LogP contribution is 2.37. The monoisotopic (exact) mass is 277 g/mol. The Morgan fingerprint density at radius 2 is 2.42 bits per heavy atom. The number of anilines is 1. The zero-order valence-electron chi connectivity index (χ0n) is 10.6. The second-order valence-corrected chi connectivity index (χ2v) is 5.62. The third kappa shape index (κ3) is 2.23. The van der Waals surface area contributed by atoms with Crippen LogP contribution in [0.15, 0.2) is 16.5 Å². The van der Waals surface area contributed by atoms with E-state index in [2.05, 4.69) is 10.3 Å². The van der Waals surface area contributed by atoms with Gasteiger partial charge in [0.05, 0.1) is 18.2 Å². The number of amides is 1. The van der Waals surface area contributed by atoms with Gasteiger partial charge in [0.1, 0.15) is 11.5 Å². The summed E-state index contributed by atoms with van der Waals surface area (Å²) < 4.78 is 5.80. The van der Waals surface area contributed by atoms with Gasteiger partial charge in [-0.25, -0.2) is 4.98 Å². The van der Waals surface area contributed by atoms with Crippen molar-refractivity contribution in [3.05, 3.63) is 34.2 Å². The van der Waals surface area contributed by atoms with Crippen LogP contribution in [0.1, 0.15) is 41.4 Å². The summed E-state index contributed by atoms with van der Waals surface area (Å²) in [5.41, 5.74) is 6.63. The van der Waals surface area contributed by atoms with Gasteiger partial charge in [0.2, 0.25) is 5.91 Å². The maximum absolute atomic E-state index is 11.8. The number of thiazole rings is 1. The number of furan rings is 1. The summed E-state index contributed by atoms with van der Waals surface area (Å²) >= 11 is 1.44. The number of carbonyl (C=O) groups is 1. The summed E-state index contributed by atoms with van der Waals surface area (Å²) in [7, 11) is 0. The Morgan fingerprint density at radius 1 is 1.58 bits per heavy atom. The molecule has 1 atom stereocenters. The van der Waals surface area contributed by atoms with Gasteiger partial charge in [0.15, 0.2) is 5.13 Å². The van der Waals surface area contributed by atoms with Crippen molar-refractivity contribution in [3.63, 3.8) is 0 Å². The summed E-state index contributed by atoms with van der Waals surface area (Å²) in [4.78, 5) is 17.1. The Balaban J connectivity index is 2.04. The number of carbonyl (C=O) groups excluding carboxylic acids is 1. The molecule has 2 aromatic rings. The second-order valence-electron chi connectivity index (χ2n) is 4.55. The van der Waals surface area contributed by atoms with Gasteiger partial charge in [-0.15, -0.1) is 11.3 Å². The predicted octanol–water partition coefficient (Wildman–Crippen LogP) is 2.03. The fraction of sp³-hybridized carbons (Fsp3) is 0.385. The maximum Gasteiger partial charge on any atom is 0.221 e. The normalized spacial score (nSPS) is 18.8. The lowest BCUT2D eigenvalue weighted by Gasteiger charge is -2.09. The molecule has 0 unspecified atom stereocenters. The molecule has 19 heavy (non-hydrogen) atoms. The van der Waals surface area contributed by atoms with E-state index in [4.69, 9.17) is 10.2 Å². The lowest BCUT2D eigenvalue weighted by molar-refractivity contribution is -0.121. The SMILES string of the molecule is CCc1ccc([C@H]2CC(=O)NCc3nc(N)sc32)o1. The van der Waals surface area contributed by atoms with Gasteiger partial charge < -0.3 is 15.5 Å². The Hall–Kier alpha value is -1.82. The molecule has 0 bridgehead atoms. The van der Waals surface area contributed by atoms with Gasteiger partial charge in [-0.3, -0.25) is 4.79 Å². The highest BCUT2D eigenvalue weighted by atomic mass is 32.1. The van der Waals surface area contributed by atoms with Crippen molar-refractivity contribution < 1.29 is 9.21 Å². The van der Waals surface area contributed by atoms with Crippen molar-refractivity contribution in [2.45, 2.75) is 32.2 Å². The van der Waals surface area contributed by atoms with Crippen LogP contribution in [0.4, 0.5) is 5.13 Å². The number of nitrogens with zero attached hydrogens (tertiary/aromatic N) is 1. The number of nitrogens with two attached hydrogens (primary N) is 1. The van der Waals surface area contributed by atoms with E-state index in [1.54, 1.807) is 0 Å². The zero-order chi connectivity index (χ0) is 13.4. The predicted molar refractivity (Wildman–Crippen MR) is 72.9 cm³/mol. The van der Waals surface area contributed by atoms with E-state index in [-0.39, 0.29) is 11.8 Å². The molecule has 3 N–H and O–H groups in total. The minimum absolute atomic E-state index is 0.0169. The molecule has 2 aromatic heterocycles. The van der Waals surface area contributed by atoms with E-state index in [0.29, 0.717) is 18.1 Å². The molecule has 1 aliphatic rings. The largest absolute Gasteiger partial charge is 0.465 e. The van der Waals surface area contributed by atoms with E-state index in [9.17, 15) is 4.79 Å². The van der Waals surface area contributed by atoms with Gasteiger partial charge in [-0.05, 0) is 12.1 Å². The summed E-state index contributed by atoms with van der Waals surface area (Å²) in [6.07, 6.45) is 1.22. The highest BCUT2D eigenvalue weighted by Gasteiger charge is 2.29. The Morgan fingerprint density at radius 3 is 3.16 bits per heavy atom. The third-order valence-electron chi connectivity index (χ3n) is 3.28. The first-order valence-corrected chi connectivity index (χ1v) is 7.09. The van der Waals surface area contributed by atoms with Crippen LogP contribution in [0, 0.1) is 0 Å². The van der Waals surface area contributed by atoms with Crippen molar-refractivity contribution in [1.82, 2.24) is 10.3 Å². The molecule has 0 aromatic carbocycles. The first-order chi connectivity index (χ1) is 9.17. The lowest BCUT2D eigenvalue weighted by Crippen LogP contribution is -2.21. The molecular formula is C13H15N3O2S. The summed E-state index contributed by atoms with van der Waals surface area (Å²) in [6, 6.07) is 3.91. The van der Waals surface area contributed by atoms with Crippen LogP contribution in [0.25, 0.3) is 0 Å². The Kier molecular flexibility index (Phi) is 3.02. The van der Waals surface area contributed by atoms with Crippen molar-refractivity contribution >= 4 is 22.4 Å². The van der Waals surface area contributed by atoms with Crippen LogP contribution < -0.4 is 11.1 Å². The Bertz CT molecular complexity index is 617. The van der Waals surface area contributed by atoms with Crippen LogP contribution in [-0.2, 0) is 17.8 Å². The van der Waals surface area contributed by atoms with E-state index in [1.807, 2.05) is 19.1 Å². The highest BCUT2D eigenvalue weighted by molar-refractivity contribution is 7.15. The second kappa shape index (κ2) is 4.70. The standard InChI is InChI=1S/C13H15N3O2S/c1-2-7-3-4-10(18-7)8-5-11(17)15-6-9-12(8)19-13(14)16-9/h3-4,8H,2,5-6H2,1H3,(H2,14,16)(H,15,17)/t8-/m1/s1. The fourth-order valence-corrected chi connectivity index (χ4v) is 3.27. The number of nitrogen functional groups attached to an aromatic ring is 1. The number of aromatic nitrogens is 1. The van der Waals surface area contributed by atoms with Crippen molar-refractivity contribution in [2.24, 2.45) is 0 Å². The first-order valence-electron chi connectivity index (χ1n) is 6.27. The van der Waals surface area contributed by atoms with Gasteiger partial charge >= 0.3 is 0 Å². The number of aryl methyl sites for hydroxylation is 1. The van der Waals surface area contributed by atoms with Crippen LogP contribution in [0.2, 0.25) is 0 Å². The molecule has 1 aliphatic heterocycles. The minimum Gasteiger partial charge on any atom is -0.465 e. The molecule has 3 heterocycles. The number of nitrogens with one attached hydrogen (secondary N) is 1. The molecule has 6 heteroatoms. The van der Waals surface area contributed by atoms with Crippen LogP contribution in [-0.4, -0.2) is 10.9 Å². The average molecular weight is 277 g/mol. The third-order valence-corrected chi connectivity index (χ3v) is 4.32. The van der Waals surface area contributed by atoms with Crippen LogP contribution in [0.3, 0.4) is 0 Å². The topological polar surface area (TPSA) is 81.2 Å². The molecular weight excluding hydrogens is 262 g/mol. The molecule has 0 saturated carbocycles. The molecule has 0 radical (unpaired) electrons. The van der Waals surface area contributed by atoms with Gasteiger partial charge in [-0.2, -0.15) is 0 Å². The fourth-order valence-electron chi connectivity index (χ4n) is 2.32. The van der Waals surface area contributed by atoms with E-state index >= 15 is 0 Å². The maximum atomic E-state index is 11.8. The summed E-state index contributed by atoms with van der Waals surface area (Å²) in [5.74, 6) is 1.69. The molecule has 0 aliphatic carbocycles. The number of hydrogen-bond acceptors (Lipinski definition) is 5. The number of hydrogen-bond donors (Lipinski definition) is 2. The van der Waals surface area contributed by atoms with Crippen LogP contribution in [0.5, 0.6) is 0 Å². The Labute approximate surface area is 114 Å². The minimum atomic E-state index is -0.0763. The van der Waals surface area contributed by atoms with Crippen molar-refractivity contribution in [1.29, 1.82) is 0 Å². The number of rotatable bonds is 2. The zero-order valence-corrected chi connectivity index (χ0v) is 11.4. The molecule has 1 amide bonds. The van der Waals surface area contributed by atoms with Gasteiger partial charge in [-0.1, -0.05) is 6.92 Å². The molecule has 0 fully saturated rings. The molecule has 5 nitrogen and oxygen atoms in total. The molecule has 3 rings (SSSR count). The molecule has 0 spiro atoms. The molecule has 100 valence electrons.